The summed E-state index contributed by atoms with van der Waals surface area (Å²) in [6.45, 7) is 5.18. The summed E-state index contributed by atoms with van der Waals surface area (Å²) in [5, 5.41) is 9.27. The van der Waals surface area contributed by atoms with Crippen LogP contribution in [0.4, 0.5) is 10.1 Å². The quantitative estimate of drug-likeness (QED) is 0.900. The molecule has 2 aliphatic rings. The number of halogens is 1. The van der Waals surface area contributed by atoms with Gasteiger partial charge in [0.2, 0.25) is 0 Å². The smallest absolute Gasteiger partial charge is 0.166 e. The van der Waals surface area contributed by atoms with Crippen LogP contribution in [-0.4, -0.2) is 42.7 Å². The summed E-state index contributed by atoms with van der Waals surface area (Å²) in [4.78, 5) is 4.73. The fourth-order valence-corrected chi connectivity index (χ4v) is 3.82. The lowest BCUT2D eigenvalue weighted by atomic mass is 10.0. The number of anilines is 1. The molecule has 3 nitrogen and oxygen atoms in total. The van der Waals surface area contributed by atoms with Crippen molar-refractivity contribution in [2.24, 2.45) is 5.92 Å². The van der Waals surface area contributed by atoms with Crippen molar-refractivity contribution in [1.29, 1.82) is 0 Å². The van der Waals surface area contributed by atoms with Gasteiger partial charge in [0, 0.05) is 37.9 Å². The van der Waals surface area contributed by atoms with Gasteiger partial charge in [-0.05, 0) is 37.4 Å². The maximum absolute atomic E-state index is 13.4. The summed E-state index contributed by atoms with van der Waals surface area (Å²) in [6, 6.07) is 4.68. The molecule has 1 saturated heterocycles. The van der Waals surface area contributed by atoms with E-state index in [1.165, 1.54) is 57.2 Å². The molecule has 1 aromatic carbocycles. The third kappa shape index (κ3) is 3.92. The van der Waals surface area contributed by atoms with Crippen molar-refractivity contribution < 1.29 is 9.50 Å². The van der Waals surface area contributed by atoms with E-state index >= 15 is 0 Å². The Morgan fingerprint density at radius 3 is 2.50 bits per heavy atom. The topological polar surface area (TPSA) is 26.7 Å². The van der Waals surface area contributed by atoms with Crippen LogP contribution in [0.2, 0.25) is 0 Å². The molecular formula is C18H27FN2O. The van der Waals surface area contributed by atoms with E-state index in [0.29, 0.717) is 0 Å². The van der Waals surface area contributed by atoms with Crippen LogP contribution in [0.1, 0.15) is 38.5 Å². The predicted molar refractivity (Wildman–Crippen MR) is 87.9 cm³/mol. The molecule has 2 fully saturated rings. The molecule has 122 valence electrons. The van der Waals surface area contributed by atoms with Gasteiger partial charge in [0.25, 0.3) is 0 Å². The van der Waals surface area contributed by atoms with Crippen LogP contribution < -0.4 is 4.90 Å². The molecule has 0 radical (unpaired) electrons. The predicted octanol–water partition coefficient (Wildman–Crippen LogP) is 3.62. The lowest BCUT2D eigenvalue weighted by Crippen LogP contribution is -2.46. The van der Waals surface area contributed by atoms with E-state index in [9.17, 15) is 9.50 Å². The number of aromatic hydroxyl groups is 1. The molecule has 4 heteroatoms. The largest absolute Gasteiger partial charge is 0.505 e. The van der Waals surface area contributed by atoms with Gasteiger partial charge in [-0.3, -0.25) is 4.90 Å². The molecule has 1 saturated carbocycles. The summed E-state index contributed by atoms with van der Waals surface area (Å²) >= 11 is 0. The van der Waals surface area contributed by atoms with Gasteiger partial charge in [0.05, 0.1) is 0 Å². The fourth-order valence-electron chi connectivity index (χ4n) is 3.82. The van der Waals surface area contributed by atoms with Gasteiger partial charge in [-0.2, -0.15) is 0 Å². The van der Waals surface area contributed by atoms with Gasteiger partial charge in [0.15, 0.2) is 11.6 Å². The molecule has 1 N–H and O–H groups in total. The first kappa shape index (κ1) is 15.6. The Kier molecular flexibility index (Phi) is 5.19. The van der Waals surface area contributed by atoms with Crippen molar-refractivity contribution in [3.8, 4) is 5.75 Å². The number of hydrogen-bond acceptors (Lipinski definition) is 3. The van der Waals surface area contributed by atoms with Crippen LogP contribution in [0.25, 0.3) is 0 Å². The SMILES string of the molecule is Oc1ccc(N2CCN(CCCC3CCCC3)CC2)cc1F. The third-order valence-corrected chi connectivity index (χ3v) is 5.23. The Morgan fingerprint density at radius 1 is 1.09 bits per heavy atom. The molecule has 0 bridgehead atoms. The van der Waals surface area contributed by atoms with Gasteiger partial charge in [-0.1, -0.05) is 25.7 Å². The van der Waals surface area contributed by atoms with Crippen molar-refractivity contribution in [2.75, 3.05) is 37.6 Å². The normalized spacial score (nSPS) is 20.7. The van der Waals surface area contributed by atoms with E-state index in [1.807, 2.05) is 0 Å². The van der Waals surface area contributed by atoms with E-state index in [0.717, 1.165) is 37.8 Å². The number of rotatable bonds is 5. The van der Waals surface area contributed by atoms with Crippen LogP contribution in [-0.2, 0) is 0 Å². The molecule has 0 unspecified atom stereocenters. The Balaban J connectivity index is 1.40. The molecule has 1 aromatic rings. The molecule has 0 aromatic heterocycles. The van der Waals surface area contributed by atoms with Crippen molar-refractivity contribution in [3.63, 3.8) is 0 Å². The minimum Gasteiger partial charge on any atom is -0.505 e. The fraction of sp³-hybridized carbons (Fsp3) is 0.667. The number of phenolic OH excluding ortho intramolecular Hbond substituents is 1. The highest BCUT2D eigenvalue weighted by atomic mass is 19.1. The second kappa shape index (κ2) is 7.32. The number of piperazine rings is 1. The molecule has 22 heavy (non-hydrogen) atoms. The first-order chi connectivity index (χ1) is 10.7. The van der Waals surface area contributed by atoms with Crippen molar-refractivity contribution in [1.82, 2.24) is 4.90 Å². The molecule has 0 amide bonds. The van der Waals surface area contributed by atoms with E-state index in [-0.39, 0.29) is 5.75 Å². The molecule has 3 rings (SSSR count). The first-order valence-electron chi connectivity index (χ1n) is 8.68. The summed E-state index contributed by atoms with van der Waals surface area (Å²) in [5.41, 5.74) is 0.876. The van der Waals surface area contributed by atoms with Gasteiger partial charge in [0.1, 0.15) is 0 Å². The van der Waals surface area contributed by atoms with E-state index < -0.39 is 5.82 Å². The van der Waals surface area contributed by atoms with Gasteiger partial charge in [-0.25, -0.2) is 4.39 Å². The monoisotopic (exact) mass is 306 g/mol. The second-order valence-electron chi connectivity index (χ2n) is 6.76. The molecule has 1 aliphatic carbocycles. The Hall–Kier alpha value is -1.29. The van der Waals surface area contributed by atoms with Gasteiger partial charge >= 0.3 is 0 Å². The molecule has 1 heterocycles. The van der Waals surface area contributed by atoms with Crippen LogP contribution in [0.3, 0.4) is 0 Å². The van der Waals surface area contributed by atoms with E-state index in [1.54, 1.807) is 6.07 Å². The zero-order chi connectivity index (χ0) is 15.4. The van der Waals surface area contributed by atoms with E-state index in [2.05, 4.69) is 9.80 Å². The highest BCUT2D eigenvalue weighted by molar-refractivity contribution is 5.49. The van der Waals surface area contributed by atoms with E-state index in [4.69, 9.17) is 0 Å². The van der Waals surface area contributed by atoms with Crippen molar-refractivity contribution >= 4 is 5.69 Å². The standard InChI is InChI=1S/C18H27FN2O/c19-17-14-16(7-8-18(17)22)21-12-10-20(11-13-21)9-3-6-15-4-1-2-5-15/h7-8,14-15,22H,1-6,9-13H2. The van der Waals surface area contributed by atoms with Crippen LogP contribution >= 0.6 is 0 Å². The summed E-state index contributed by atoms with van der Waals surface area (Å²) < 4.78 is 13.4. The van der Waals surface area contributed by atoms with Crippen molar-refractivity contribution in [2.45, 2.75) is 38.5 Å². The lowest BCUT2D eigenvalue weighted by Gasteiger charge is -2.36. The number of nitrogens with zero attached hydrogens (tertiary/aromatic N) is 2. The summed E-state index contributed by atoms with van der Waals surface area (Å²) in [6.07, 6.45) is 8.47. The van der Waals surface area contributed by atoms with Crippen LogP contribution in [0.15, 0.2) is 18.2 Å². The molecule has 0 spiro atoms. The van der Waals surface area contributed by atoms with Crippen LogP contribution in [0, 0.1) is 11.7 Å². The Morgan fingerprint density at radius 2 is 1.82 bits per heavy atom. The summed E-state index contributed by atoms with van der Waals surface area (Å²) in [5.74, 6) is 0.187. The van der Waals surface area contributed by atoms with Gasteiger partial charge in [-0.15, -0.1) is 0 Å². The number of benzene rings is 1. The average Bonchev–Trinajstić information content (AvgIpc) is 3.04. The first-order valence-corrected chi connectivity index (χ1v) is 8.68. The average molecular weight is 306 g/mol. The Labute approximate surface area is 132 Å². The minimum atomic E-state index is -0.531. The maximum atomic E-state index is 13.4. The third-order valence-electron chi connectivity index (χ3n) is 5.23. The second-order valence-corrected chi connectivity index (χ2v) is 6.76. The zero-order valence-corrected chi connectivity index (χ0v) is 13.3. The molecular weight excluding hydrogens is 279 g/mol. The highest BCUT2D eigenvalue weighted by Crippen LogP contribution is 2.28. The van der Waals surface area contributed by atoms with Crippen molar-refractivity contribution in [3.05, 3.63) is 24.0 Å². The Bertz CT molecular complexity index is 480. The number of hydrogen-bond donors (Lipinski definition) is 1. The maximum Gasteiger partial charge on any atom is 0.166 e. The number of phenols is 1. The summed E-state index contributed by atoms with van der Waals surface area (Å²) in [7, 11) is 0. The van der Waals surface area contributed by atoms with Crippen LogP contribution in [0.5, 0.6) is 5.75 Å². The molecule has 0 atom stereocenters. The lowest BCUT2D eigenvalue weighted by molar-refractivity contribution is 0.246. The molecule has 1 aliphatic heterocycles. The van der Waals surface area contributed by atoms with Gasteiger partial charge < -0.3 is 10.0 Å². The zero-order valence-electron chi connectivity index (χ0n) is 13.3. The highest BCUT2D eigenvalue weighted by Gasteiger charge is 2.19. The minimum absolute atomic E-state index is 0.269.